The normalized spacial score (nSPS) is 25.7. The molecule has 1 aliphatic carbocycles. The van der Waals surface area contributed by atoms with Gasteiger partial charge in [-0.05, 0) is 25.2 Å². The molecule has 0 heterocycles. The van der Waals surface area contributed by atoms with E-state index in [1.807, 2.05) is 0 Å². The Morgan fingerprint density at radius 2 is 2.00 bits per heavy atom. The van der Waals surface area contributed by atoms with Crippen LogP contribution in [-0.2, 0) is 5.11 Å². The van der Waals surface area contributed by atoms with Crippen LogP contribution in [0.1, 0.15) is 33.1 Å². The fraction of sp³-hybridized carbons (Fsp3) is 1.00. The van der Waals surface area contributed by atoms with E-state index in [9.17, 15) is 5.11 Å². The fourth-order valence-corrected chi connectivity index (χ4v) is 1.07. The molecule has 0 N–H and O–H groups in total. The summed E-state index contributed by atoms with van der Waals surface area (Å²) in [6.07, 6.45) is 3.56. The summed E-state index contributed by atoms with van der Waals surface area (Å²) in [4.78, 5) is 0. The predicted molar refractivity (Wildman–Crippen MR) is 36.7 cm³/mol. The average molecular weight is 127 g/mol. The van der Waals surface area contributed by atoms with Gasteiger partial charge in [-0.25, -0.2) is 5.11 Å². The first-order valence-corrected chi connectivity index (χ1v) is 3.86. The van der Waals surface area contributed by atoms with Crippen LogP contribution in [-0.4, -0.2) is 6.10 Å². The van der Waals surface area contributed by atoms with Crippen LogP contribution in [0, 0.1) is 11.8 Å². The minimum atomic E-state index is -0.356. The summed E-state index contributed by atoms with van der Waals surface area (Å²) < 4.78 is 0. The second-order valence-corrected chi connectivity index (χ2v) is 3.36. The van der Waals surface area contributed by atoms with Crippen molar-refractivity contribution in [3.8, 4) is 0 Å². The first-order chi connectivity index (χ1) is 4.20. The second-order valence-electron chi connectivity index (χ2n) is 3.36. The van der Waals surface area contributed by atoms with Crippen molar-refractivity contribution in [1.82, 2.24) is 0 Å². The third-order valence-corrected chi connectivity index (χ3v) is 2.20. The highest BCUT2D eigenvalue weighted by Gasteiger charge is 2.25. The van der Waals surface area contributed by atoms with Crippen molar-refractivity contribution in [1.29, 1.82) is 0 Å². The van der Waals surface area contributed by atoms with Crippen molar-refractivity contribution in [2.45, 2.75) is 39.2 Å². The first-order valence-electron chi connectivity index (χ1n) is 3.86. The fourth-order valence-electron chi connectivity index (χ4n) is 1.07. The SMILES string of the molecule is CC([O])C(C)CC1CC1. The minimum Gasteiger partial charge on any atom is -0.233 e. The van der Waals surface area contributed by atoms with Gasteiger partial charge in [0.1, 0.15) is 0 Å². The van der Waals surface area contributed by atoms with E-state index >= 15 is 0 Å². The third kappa shape index (κ3) is 2.35. The zero-order chi connectivity index (χ0) is 6.85. The molecule has 1 saturated carbocycles. The van der Waals surface area contributed by atoms with Gasteiger partial charge in [0.25, 0.3) is 0 Å². The van der Waals surface area contributed by atoms with Crippen LogP contribution in [0.15, 0.2) is 0 Å². The number of hydrogen-bond acceptors (Lipinski definition) is 0. The van der Waals surface area contributed by atoms with Crippen molar-refractivity contribution in [3.63, 3.8) is 0 Å². The average Bonchev–Trinajstić information content (AvgIpc) is 2.50. The maximum atomic E-state index is 10.8. The molecule has 1 heteroatoms. The van der Waals surface area contributed by atoms with Crippen LogP contribution in [0.2, 0.25) is 0 Å². The van der Waals surface area contributed by atoms with E-state index in [4.69, 9.17) is 0 Å². The monoisotopic (exact) mass is 127 g/mol. The summed E-state index contributed by atoms with van der Waals surface area (Å²) in [7, 11) is 0. The van der Waals surface area contributed by atoms with E-state index < -0.39 is 0 Å². The summed E-state index contributed by atoms with van der Waals surface area (Å²) >= 11 is 0. The molecule has 0 saturated heterocycles. The highest BCUT2D eigenvalue weighted by molar-refractivity contribution is 4.76. The van der Waals surface area contributed by atoms with E-state index in [-0.39, 0.29) is 6.10 Å². The van der Waals surface area contributed by atoms with Crippen LogP contribution in [0.3, 0.4) is 0 Å². The minimum absolute atomic E-state index is 0.356. The highest BCUT2D eigenvalue weighted by atomic mass is 16.3. The van der Waals surface area contributed by atoms with Gasteiger partial charge in [0.2, 0.25) is 0 Å². The van der Waals surface area contributed by atoms with Crippen LogP contribution >= 0.6 is 0 Å². The van der Waals surface area contributed by atoms with Gasteiger partial charge in [0.05, 0.1) is 6.10 Å². The lowest BCUT2D eigenvalue weighted by molar-refractivity contribution is 0.0535. The van der Waals surface area contributed by atoms with E-state index in [2.05, 4.69) is 6.92 Å². The maximum Gasteiger partial charge on any atom is 0.0927 e. The molecule has 9 heavy (non-hydrogen) atoms. The topological polar surface area (TPSA) is 19.9 Å². The Kier molecular flexibility index (Phi) is 2.12. The standard InChI is InChI=1S/C8H15O/c1-6(7(2)9)5-8-3-4-8/h6-8H,3-5H2,1-2H3. The van der Waals surface area contributed by atoms with Gasteiger partial charge in [0.15, 0.2) is 0 Å². The lowest BCUT2D eigenvalue weighted by atomic mass is 10.00. The van der Waals surface area contributed by atoms with Gasteiger partial charge in [-0.1, -0.05) is 19.8 Å². The molecule has 0 amide bonds. The smallest absolute Gasteiger partial charge is 0.0927 e. The van der Waals surface area contributed by atoms with Gasteiger partial charge < -0.3 is 0 Å². The Morgan fingerprint density at radius 1 is 1.44 bits per heavy atom. The largest absolute Gasteiger partial charge is 0.233 e. The molecule has 1 aliphatic rings. The Bertz CT molecular complexity index is 84.6. The number of rotatable bonds is 3. The van der Waals surface area contributed by atoms with Crippen LogP contribution in [0.4, 0.5) is 0 Å². The van der Waals surface area contributed by atoms with Crippen molar-refractivity contribution < 1.29 is 5.11 Å². The molecule has 1 fully saturated rings. The van der Waals surface area contributed by atoms with Gasteiger partial charge in [-0.2, -0.15) is 0 Å². The molecule has 53 valence electrons. The van der Waals surface area contributed by atoms with Gasteiger partial charge >= 0.3 is 0 Å². The lowest BCUT2D eigenvalue weighted by Crippen LogP contribution is -2.11. The molecule has 1 nitrogen and oxygen atoms in total. The predicted octanol–water partition coefficient (Wildman–Crippen LogP) is 2.24. The Balaban J connectivity index is 2.09. The van der Waals surface area contributed by atoms with Crippen molar-refractivity contribution in [3.05, 3.63) is 0 Å². The van der Waals surface area contributed by atoms with Gasteiger partial charge in [-0.3, -0.25) is 0 Å². The zero-order valence-corrected chi connectivity index (χ0v) is 6.26. The third-order valence-electron chi connectivity index (χ3n) is 2.20. The van der Waals surface area contributed by atoms with E-state index in [0.717, 1.165) is 5.92 Å². The molecule has 0 bridgehead atoms. The van der Waals surface area contributed by atoms with Crippen molar-refractivity contribution in [2.24, 2.45) is 11.8 Å². The Morgan fingerprint density at radius 3 is 2.33 bits per heavy atom. The quantitative estimate of drug-likeness (QED) is 0.554. The summed E-state index contributed by atoms with van der Waals surface area (Å²) in [5.41, 5.74) is 0. The lowest BCUT2D eigenvalue weighted by Gasteiger charge is -2.10. The van der Waals surface area contributed by atoms with Crippen molar-refractivity contribution >= 4 is 0 Å². The van der Waals surface area contributed by atoms with E-state index in [1.54, 1.807) is 6.92 Å². The zero-order valence-electron chi connectivity index (χ0n) is 6.26. The van der Waals surface area contributed by atoms with Crippen molar-refractivity contribution in [2.75, 3.05) is 0 Å². The molecule has 0 aliphatic heterocycles. The van der Waals surface area contributed by atoms with Crippen LogP contribution in [0.5, 0.6) is 0 Å². The molecule has 0 aromatic rings. The molecular formula is C8H15O. The van der Waals surface area contributed by atoms with E-state index in [0.29, 0.717) is 5.92 Å². The summed E-state index contributed by atoms with van der Waals surface area (Å²) in [6, 6.07) is 0. The molecule has 0 aromatic heterocycles. The van der Waals surface area contributed by atoms with E-state index in [1.165, 1.54) is 19.3 Å². The second kappa shape index (κ2) is 2.70. The molecule has 0 spiro atoms. The van der Waals surface area contributed by atoms with Gasteiger partial charge in [0, 0.05) is 0 Å². The molecular weight excluding hydrogens is 112 g/mol. The molecule has 2 atom stereocenters. The molecule has 1 radical (unpaired) electrons. The summed E-state index contributed by atoms with van der Waals surface area (Å²) in [5.74, 6) is 1.31. The van der Waals surface area contributed by atoms with Crippen LogP contribution < -0.4 is 0 Å². The molecule has 0 aromatic carbocycles. The first kappa shape index (κ1) is 7.07. The highest BCUT2D eigenvalue weighted by Crippen LogP contribution is 2.35. The summed E-state index contributed by atoms with van der Waals surface area (Å²) in [6.45, 7) is 3.84. The summed E-state index contributed by atoms with van der Waals surface area (Å²) in [5, 5.41) is 10.8. The molecule has 1 rings (SSSR count). The Hall–Kier alpha value is -0.0400. The Labute approximate surface area is 57.1 Å². The molecule has 2 unspecified atom stereocenters. The maximum absolute atomic E-state index is 10.8. The number of hydrogen-bond donors (Lipinski definition) is 0. The van der Waals surface area contributed by atoms with Gasteiger partial charge in [-0.15, -0.1) is 0 Å². The van der Waals surface area contributed by atoms with Crippen LogP contribution in [0.25, 0.3) is 0 Å².